The molecule has 3 fully saturated rings. The van der Waals surface area contributed by atoms with Crippen LogP contribution in [0.4, 0.5) is 0 Å². The van der Waals surface area contributed by atoms with Crippen molar-refractivity contribution in [3.8, 4) is 0 Å². The number of benzene rings is 3. The highest BCUT2D eigenvalue weighted by Gasteiger charge is 2.34. The third-order valence-corrected chi connectivity index (χ3v) is 7.47. The van der Waals surface area contributed by atoms with E-state index < -0.39 is 5.60 Å². The molecule has 0 spiro atoms. The van der Waals surface area contributed by atoms with Gasteiger partial charge in [0.25, 0.3) is 0 Å². The summed E-state index contributed by atoms with van der Waals surface area (Å²) in [6.45, 7) is 3.40. The number of hydrogen-bond acceptors (Lipinski definition) is 2. The minimum absolute atomic E-state index is 0. The number of aliphatic hydroxyl groups is 1. The normalized spacial score (nSPS) is 23.1. The van der Waals surface area contributed by atoms with Crippen LogP contribution in [0.15, 0.2) is 72.8 Å². The molecule has 2 bridgehead atoms. The molecule has 0 radical (unpaired) electrons. The van der Waals surface area contributed by atoms with Gasteiger partial charge in [-0.05, 0) is 65.8 Å². The van der Waals surface area contributed by atoms with Gasteiger partial charge in [0.15, 0.2) is 0 Å². The summed E-state index contributed by atoms with van der Waals surface area (Å²) in [4.78, 5) is 2.65. The van der Waals surface area contributed by atoms with Crippen LogP contribution in [0.2, 0.25) is 0 Å². The molecule has 1 atom stereocenters. The van der Waals surface area contributed by atoms with E-state index in [0.29, 0.717) is 6.42 Å². The van der Waals surface area contributed by atoms with Crippen LogP contribution in [-0.2, 0) is 12.0 Å². The lowest BCUT2D eigenvalue weighted by Crippen LogP contribution is -2.37. The molecule has 1 unspecified atom stereocenters. The second-order valence-corrected chi connectivity index (χ2v) is 9.62. The Labute approximate surface area is 192 Å². The monoisotopic (exact) mass is 435 g/mol. The Morgan fingerprint density at radius 1 is 0.774 bits per heavy atom. The van der Waals surface area contributed by atoms with Crippen LogP contribution in [0.3, 0.4) is 0 Å². The molecule has 3 aromatic carbocycles. The van der Waals surface area contributed by atoms with Crippen molar-refractivity contribution in [2.75, 3.05) is 19.6 Å². The second-order valence-electron chi connectivity index (χ2n) is 9.62. The maximum absolute atomic E-state index is 12.2. The van der Waals surface area contributed by atoms with Gasteiger partial charge in [-0.3, -0.25) is 0 Å². The minimum atomic E-state index is -0.867. The Hall–Kier alpha value is -1.87. The highest BCUT2D eigenvalue weighted by molar-refractivity contribution is 5.86. The molecule has 2 saturated heterocycles. The van der Waals surface area contributed by atoms with E-state index in [0.717, 1.165) is 30.4 Å². The average molecular weight is 436 g/mol. The molecule has 164 valence electrons. The van der Waals surface area contributed by atoms with Crippen molar-refractivity contribution in [1.29, 1.82) is 0 Å². The Bertz CT molecular complexity index is 963. The van der Waals surface area contributed by atoms with Gasteiger partial charge in [0.2, 0.25) is 0 Å². The summed E-state index contributed by atoms with van der Waals surface area (Å²) in [5, 5.41) is 14.5. The number of hydrogen-bond donors (Lipinski definition) is 1. The van der Waals surface area contributed by atoms with Gasteiger partial charge in [-0.2, -0.15) is 0 Å². The largest absolute Gasteiger partial charge is 0.385 e. The first-order chi connectivity index (χ1) is 14.7. The molecular formula is C28H34ClNO. The van der Waals surface area contributed by atoms with Gasteiger partial charge in [0, 0.05) is 26.1 Å². The van der Waals surface area contributed by atoms with Gasteiger partial charge in [-0.25, -0.2) is 0 Å². The Balaban J connectivity index is 0.00000231. The average Bonchev–Trinajstić information content (AvgIpc) is 3.11. The zero-order valence-electron chi connectivity index (χ0n) is 18.2. The van der Waals surface area contributed by atoms with E-state index in [-0.39, 0.29) is 12.4 Å². The van der Waals surface area contributed by atoms with Crippen LogP contribution in [0.5, 0.6) is 0 Å². The second kappa shape index (κ2) is 9.73. The Kier molecular flexibility index (Phi) is 7.01. The molecule has 2 nitrogen and oxygen atoms in total. The van der Waals surface area contributed by atoms with Gasteiger partial charge in [-0.15, -0.1) is 12.4 Å². The van der Waals surface area contributed by atoms with E-state index >= 15 is 0 Å². The zero-order valence-corrected chi connectivity index (χ0v) is 19.1. The standard InChI is InChI=1S/C28H33NO.ClH/c30-28(19-22-7-2-1-3-8-22,27-12-6-10-25-9-4-5-11-26(25)27)17-18-29-20-23-13-14-24(21-29)16-15-23;/h1-12,23-24,30H,13-21H2;1H. The van der Waals surface area contributed by atoms with Crippen LogP contribution < -0.4 is 0 Å². The molecule has 0 amide bonds. The molecule has 31 heavy (non-hydrogen) atoms. The van der Waals surface area contributed by atoms with Gasteiger partial charge in [0.1, 0.15) is 0 Å². The smallest absolute Gasteiger partial charge is 0.0954 e. The molecule has 2 aliphatic heterocycles. The summed E-state index contributed by atoms with van der Waals surface area (Å²) >= 11 is 0. The molecule has 3 aliphatic rings. The van der Waals surface area contributed by atoms with Crippen LogP contribution in [0.25, 0.3) is 10.8 Å². The Morgan fingerprint density at radius 2 is 1.39 bits per heavy atom. The first-order valence-corrected chi connectivity index (χ1v) is 11.7. The molecular weight excluding hydrogens is 402 g/mol. The number of fused-ring (bicyclic) bond motifs is 5. The summed E-state index contributed by atoms with van der Waals surface area (Å²) in [6, 6.07) is 25.3. The van der Waals surface area contributed by atoms with E-state index in [2.05, 4.69) is 71.6 Å². The molecule has 3 aromatic rings. The van der Waals surface area contributed by atoms with Crippen molar-refractivity contribution in [2.24, 2.45) is 11.8 Å². The van der Waals surface area contributed by atoms with Crippen LogP contribution in [0, 0.1) is 11.8 Å². The third kappa shape index (κ3) is 4.98. The molecule has 6 rings (SSSR count). The van der Waals surface area contributed by atoms with Gasteiger partial charge in [-0.1, -0.05) is 72.8 Å². The molecule has 3 heteroatoms. The maximum Gasteiger partial charge on any atom is 0.0954 e. The lowest BCUT2D eigenvalue weighted by atomic mass is 9.81. The fourth-order valence-electron chi connectivity index (χ4n) is 5.81. The van der Waals surface area contributed by atoms with Crippen LogP contribution in [0.1, 0.15) is 43.2 Å². The number of halogens is 1. The van der Waals surface area contributed by atoms with Crippen molar-refractivity contribution < 1.29 is 5.11 Å². The molecule has 1 aliphatic carbocycles. The predicted octanol–water partition coefficient (Wildman–Crippen LogP) is 6.20. The van der Waals surface area contributed by atoms with Crippen molar-refractivity contribution >= 4 is 23.2 Å². The fourth-order valence-corrected chi connectivity index (χ4v) is 5.81. The lowest BCUT2D eigenvalue weighted by molar-refractivity contribution is 0.0177. The topological polar surface area (TPSA) is 23.5 Å². The van der Waals surface area contributed by atoms with E-state index in [1.165, 1.54) is 55.1 Å². The predicted molar refractivity (Wildman–Crippen MR) is 132 cm³/mol. The quantitative estimate of drug-likeness (QED) is 0.498. The van der Waals surface area contributed by atoms with Crippen LogP contribution >= 0.6 is 12.4 Å². The first kappa shape index (κ1) is 22.3. The van der Waals surface area contributed by atoms with E-state index in [9.17, 15) is 5.11 Å². The highest BCUT2D eigenvalue weighted by atomic mass is 35.5. The van der Waals surface area contributed by atoms with Crippen molar-refractivity contribution in [1.82, 2.24) is 4.90 Å². The number of nitrogens with zero attached hydrogens (tertiary/aromatic N) is 1. The summed E-state index contributed by atoms with van der Waals surface area (Å²) in [5.41, 5.74) is 1.40. The number of rotatable bonds is 6. The van der Waals surface area contributed by atoms with Gasteiger partial charge >= 0.3 is 0 Å². The van der Waals surface area contributed by atoms with E-state index in [4.69, 9.17) is 0 Å². The summed E-state index contributed by atoms with van der Waals surface area (Å²) in [5.74, 6) is 1.73. The fraction of sp³-hybridized carbons (Fsp3) is 0.429. The SMILES string of the molecule is Cl.OC(CCN1CC2CCC(CC2)C1)(Cc1ccccc1)c1cccc2ccccc12. The molecule has 2 heterocycles. The maximum atomic E-state index is 12.2. The minimum Gasteiger partial charge on any atom is -0.385 e. The third-order valence-electron chi connectivity index (χ3n) is 7.47. The van der Waals surface area contributed by atoms with Crippen LogP contribution in [-0.4, -0.2) is 29.6 Å². The summed E-state index contributed by atoms with van der Waals surface area (Å²) in [7, 11) is 0. The summed E-state index contributed by atoms with van der Waals surface area (Å²) < 4.78 is 0. The van der Waals surface area contributed by atoms with Gasteiger partial charge in [0.05, 0.1) is 5.60 Å². The lowest BCUT2D eigenvalue weighted by Gasteiger charge is -2.33. The Morgan fingerprint density at radius 3 is 2.10 bits per heavy atom. The van der Waals surface area contributed by atoms with Crippen molar-refractivity contribution in [2.45, 2.75) is 44.1 Å². The molecule has 1 saturated carbocycles. The zero-order chi connectivity index (χ0) is 20.4. The summed E-state index contributed by atoms with van der Waals surface area (Å²) in [6.07, 6.45) is 7.03. The van der Waals surface area contributed by atoms with Crippen molar-refractivity contribution in [3.05, 3.63) is 83.9 Å². The molecule has 0 aromatic heterocycles. The highest BCUT2D eigenvalue weighted by Crippen LogP contribution is 2.37. The first-order valence-electron chi connectivity index (χ1n) is 11.7. The molecule has 1 N–H and O–H groups in total. The van der Waals surface area contributed by atoms with Gasteiger partial charge < -0.3 is 10.0 Å². The van der Waals surface area contributed by atoms with Crippen molar-refractivity contribution in [3.63, 3.8) is 0 Å². The van der Waals surface area contributed by atoms with E-state index in [1.54, 1.807) is 0 Å². The van der Waals surface area contributed by atoms with E-state index in [1.807, 2.05) is 6.07 Å².